The number of aryl methyl sites for hydroxylation is 1. The van der Waals surface area contributed by atoms with Gasteiger partial charge in [0.25, 0.3) is 5.91 Å². The third-order valence-corrected chi connectivity index (χ3v) is 6.67. The Bertz CT molecular complexity index is 1250. The zero-order valence-corrected chi connectivity index (χ0v) is 18.8. The van der Waals surface area contributed by atoms with Gasteiger partial charge < -0.3 is 9.64 Å². The second-order valence-corrected chi connectivity index (χ2v) is 8.93. The van der Waals surface area contributed by atoms with Gasteiger partial charge in [0.1, 0.15) is 23.3 Å². The van der Waals surface area contributed by atoms with Gasteiger partial charge >= 0.3 is 6.18 Å². The van der Waals surface area contributed by atoms with Gasteiger partial charge in [-0.1, -0.05) is 0 Å². The summed E-state index contributed by atoms with van der Waals surface area (Å²) < 4.78 is 59.1. The molecule has 3 fully saturated rings. The highest BCUT2D eigenvalue weighted by Gasteiger charge is 2.45. The Morgan fingerprint density at radius 2 is 1.91 bits per heavy atom. The minimum Gasteiger partial charge on any atom is -0.472 e. The maximum atomic E-state index is 14.6. The summed E-state index contributed by atoms with van der Waals surface area (Å²) in [5, 5.41) is 0. The van der Waals surface area contributed by atoms with Crippen LogP contribution in [0.3, 0.4) is 0 Å². The number of carbonyl (C=O) groups excluding carboxylic acids is 1. The minimum atomic E-state index is -4.48. The second kappa shape index (κ2) is 8.90. The standard InChI is InChI=1S/C25H22F4N4O2/c1-14-8-10-31-23(21(14)22-17(26)3-2-9-30-22)24(34)33-13-15-4-6-18(33)19(11-15)35-20-7-5-16(12-32-20)25(27,28)29/h2-3,5,7-10,12,15,18-19H,4,6,11,13H2,1H3/t15-,18+,19-/m1/s1. The van der Waals surface area contributed by atoms with Crippen LogP contribution in [0.4, 0.5) is 17.6 Å². The molecule has 2 saturated heterocycles. The van der Waals surface area contributed by atoms with Gasteiger partial charge in [0, 0.05) is 36.8 Å². The Hall–Kier alpha value is -3.56. The molecule has 0 spiro atoms. The fourth-order valence-electron chi connectivity index (χ4n) is 4.99. The molecule has 6 rings (SSSR count). The van der Waals surface area contributed by atoms with E-state index < -0.39 is 23.7 Å². The number of nitrogens with zero attached hydrogens (tertiary/aromatic N) is 4. The Labute approximate surface area is 199 Å². The largest absolute Gasteiger partial charge is 0.472 e. The predicted molar refractivity (Wildman–Crippen MR) is 118 cm³/mol. The van der Waals surface area contributed by atoms with E-state index in [2.05, 4.69) is 15.0 Å². The van der Waals surface area contributed by atoms with Crippen molar-refractivity contribution in [2.75, 3.05) is 6.54 Å². The summed E-state index contributed by atoms with van der Waals surface area (Å²) in [6, 6.07) is 6.28. The van der Waals surface area contributed by atoms with Crippen LogP contribution in [0.1, 0.15) is 40.9 Å². The highest BCUT2D eigenvalue weighted by atomic mass is 19.4. The first kappa shape index (κ1) is 23.2. The first-order valence-electron chi connectivity index (χ1n) is 11.3. The molecule has 5 heterocycles. The van der Waals surface area contributed by atoms with Gasteiger partial charge in [-0.15, -0.1) is 0 Å². The SMILES string of the molecule is Cc1ccnc(C(=O)N2C[C@@H]3CC[C@H]2[C@H](Oc2ccc(C(F)(F)F)cn2)C3)c1-c1ncccc1F. The molecule has 1 amide bonds. The van der Waals surface area contributed by atoms with E-state index in [4.69, 9.17) is 4.74 Å². The van der Waals surface area contributed by atoms with Crippen molar-refractivity contribution in [2.24, 2.45) is 5.92 Å². The summed E-state index contributed by atoms with van der Waals surface area (Å²) in [7, 11) is 0. The molecular weight excluding hydrogens is 464 g/mol. The fourth-order valence-corrected chi connectivity index (χ4v) is 4.99. The number of halogens is 4. The van der Waals surface area contributed by atoms with Crippen LogP contribution in [-0.2, 0) is 6.18 Å². The number of ether oxygens (including phenoxy) is 1. The zero-order chi connectivity index (χ0) is 24.7. The number of hydrogen-bond donors (Lipinski definition) is 0. The van der Waals surface area contributed by atoms with Crippen LogP contribution in [-0.4, -0.2) is 44.4 Å². The van der Waals surface area contributed by atoms with Crippen LogP contribution >= 0.6 is 0 Å². The normalized spacial score (nSPS) is 21.7. The molecule has 1 aliphatic carbocycles. The lowest BCUT2D eigenvalue weighted by Crippen LogP contribution is -2.59. The third-order valence-electron chi connectivity index (χ3n) is 6.67. The number of fused-ring (bicyclic) bond motifs is 3. The van der Waals surface area contributed by atoms with Gasteiger partial charge in [-0.25, -0.2) is 9.37 Å². The molecule has 3 atom stereocenters. The number of amides is 1. The van der Waals surface area contributed by atoms with Crippen molar-refractivity contribution < 1.29 is 27.1 Å². The summed E-state index contributed by atoms with van der Waals surface area (Å²) >= 11 is 0. The lowest BCUT2D eigenvalue weighted by molar-refractivity contribution is -0.137. The molecule has 2 aliphatic heterocycles. The maximum absolute atomic E-state index is 14.6. The lowest BCUT2D eigenvalue weighted by atomic mass is 9.77. The number of pyridine rings is 3. The number of rotatable bonds is 4. The third kappa shape index (κ3) is 4.44. The highest BCUT2D eigenvalue weighted by molar-refractivity contribution is 5.99. The van der Waals surface area contributed by atoms with Crippen LogP contribution in [0, 0.1) is 18.7 Å². The fraction of sp³-hybridized carbons (Fsp3) is 0.360. The molecule has 3 aliphatic rings. The van der Waals surface area contributed by atoms with Gasteiger partial charge in [-0.05, 0) is 61.9 Å². The first-order valence-corrected chi connectivity index (χ1v) is 11.3. The summed E-state index contributed by atoms with van der Waals surface area (Å²) in [5.41, 5.74) is 0.336. The molecule has 0 unspecified atom stereocenters. The highest BCUT2D eigenvalue weighted by Crippen LogP contribution is 2.39. The molecular formula is C25H22F4N4O2. The molecule has 0 radical (unpaired) electrons. The molecule has 1 saturated carbocycles. The van der Waals surface area contributed by atoms with Crippen molar-refractivity contribution in [3.05, 3.63) is 71.6 Å². The minimum absolute atomic E-state index is 0.0605. The first-order chi connectivity index (χ1) is 16.7. The average Bonchev–Trinajstić information content (AvgIpc) is 2.84. The number of piperidine rings is 2. The summed E-state index contributed by atoms with van der Waals surface area (Å²) in [6.45, 7) is 2.27. The molecule has 35 heavy (non-hydrogen) atoms. The number of aromatic nitrogens is 3. The summed E-state index contributed by atoms with van der Waals surface area (Å²) in [6.07, 6.45) is 1.07. The smallest absolute Gasteiger partial charge is 0.417 e. The Balaban J connectivity index is 1.42. The maximum Gasteiger partial charge on any atom is 0.417 e. The molecule has 0 aromatic carbocycles. The molecule has 0 N–H and O–H groups in total. The Morgan fingerprint density at radius 1 is 1.09 bits per heavy atom. The topological polar surface area (TPSA) is 68.2 Å². The molecule has 6 nitrogen and oxygen atoms in total. The van der Waals surface area contributed by atoms with Crippen LogP contribution < -0.4 is 4.74 Å². The van der Waals surface area contributed by atoms with Gasteiger partial charge in [0.05, 0.1) is 11.6 Å². The molecule has 3 aromatic rings. The van der Waals surface area contributed by atoms with Crippen LogP contribution in [0.25, 0.3) is 11.3 Å². The average molecular weight is 486 g/mol. The predicted octanol–water partition coefficient (Wildman–Crippen LogP) is 5.08. The van der Waals surface area contributed by atoms with Crippen LogP contribution in [0.2, 0.25) is 0 Å². The van der Waals surface area contributed by atoms with E-state index in [-0.39, 0.29) is 35.1 Å². The van der Waals surface area contributed by atoms with E-state index in [1.807, 2.05) is 0 Å². The van der Waals surface area contributed by atoms with E-state index >= 15 is 0 Å². The Morgan fingerprint density at radius 3 is 2.60 bits per heavy atom. The van der Waals surface area contributed by atoms with E-state index in [0.717, 1.165) is 18.7 Å². The molecule has 182 valence electrons. The van der Waals surface area contributed by atoms with Crippen molar-refractivity contribution >= 4 is 5.91 Å². The quantitative estimate of drug-likeness (QED) is 0.482. The number of hydrogen-bond acceptors (Lipinski definition) is 5. The Kier molecular flexibility index (Phi) is 5.90. The van der Waals surface area contributed by atoms with Crippen LogP contribution in [0.15, 0.2) is 48.9 Å². The molecule has 2 bridgehead atoms. The monoisotopic (exact) mass is 486 g/mol. The van der Waals surface area contributed by atoms with Crippen molar-refractivity contribution in [3.63, 3.8) is 0 Å². The van der Waals surface area contributed by atoms with Crippen molar-refractivity contribution in [3.8, 4) is 17.1 Å². The summed E-state index contributed by atoms with van der Waals surface area (Å²) in [5.74, 6) is -0.652. The zero-order valence-electron chi connectivity index (χ0n) is 18.8. The van der Waals surface area contributed by atoms with E-state index in [1.54, 1.807) is 17.9 Å². The van der Waals surface area contributed by atoms with Crippen molar-refractivity contribution in [1.82, 2.24) is 19.9 Å². The number of alkyl halides is 3. The number of carbonyl (C=O) groups is 1. The van der Waals surface area contributed by atoms with E-state index in [9.17, 15) is 22.4 Å². The van der Waals surface area contributed by atoms with Gasteiger partial charge in [0.15, 0.2) is 0 Å². The van der Waals surface area contributed by atoms with E-state index in [0.29, 0.717) is 30.5 Å². The molecule has 3 aromatic heterocycles. The van der Waals surface area contributed by atoms with Gasteiger partial charge in [-0.3, -0.25) is 14.8 Å². The van der Waals surface area contributed by atoms with Gasteiger partial charge in [0.2, 0.25) is 5.88 Å². The summed E-state index contributed by atoms with van der Waals surface area (Å²) in [4.78, 5) is 27.7. The van der Waals surface area contributed by atoms with E-state index in [1.165, 1.54) is 30.6 Å². The lowest BCUT2D eigenvalue weighted by Gasteiger charge is -2.49. The van der Waals surface area contributed by atoms with Crippen LogP contribution in [0.5, 0.6) is 5.88 Å². The molecule has 10 heteroatoms. The van der Waals surface area contributed by atoms with Crippen molar-refractivity contribution in [2.45, 2.75) is 44.5 Å². The second-order valence-electron chi connectivity index (χ2n) is 8.93. The van der Waals surface area contributed by atoms with Crippen molar-refractivity contribution in [1.29, 1.82) is 0 Å². The van der Waals surface area contributed by atoms with Gasteiger partial charge in [-0.2, -0.15) is 13.2 Å².